The van der Waals surface area contributed by atoms with Crippen molar-refractivity contribution in [3.05, 3.63) is 58.7 Å². The Hall–Kier alpha value is -2.31. The normalized spacial score (nSPS) is 16.6. The van der Waals surface area contributed by atoms with Crippen LogP contribution in [0.1, 0.15) is 37.1 Å². The van der Waals surface area contributed by atoms with Crippen LogP contribution in [0.4, 0.5) is 5.82 Å². The van der Waals surface area contributed by atoms with E-state index in [2.05, 4.69) is 37.6 Å². The Morgan fingerprint density at radius 3 is 2.69 bits per heavy atom. The number of nitrogens with zero attached hydrogens (tertiary/aromatic N) is 3. The van der Waals surface area contributed by atoms with Gasteiger partial charge in [0.1, 0.15) is 11.9 Å². The third kappa shape index (κ3) is 6.08. The zero-order chi connectivity index (χ0) is 20.6. The minimum atomic E-state index is -0.728. The number of aliphatic hydroxyl groups is 1. The van der Waals surface area contributed by atoms with E-state index < -0.39 is 6.10 Å². The van der Waals surface area contributed by atoms with Crippen molar-refractivity contribution in [2.75, 3.05) is 31.1 Å². The van der Waals surface area contributed by atoms with Crippen LogP contribution in [0.15, 0.2) is 47.5 Å². The molecule has 0 aliphatic carbocycles. The molecule has 1 aliphatic heterocycles. The Balaban J connectivity index is 1.55. The van der Waals surface area contributed by atoms with Crippen molar-refractivity contribution in [1.29, 1.82) is 0 Å². The van der Waals surface area contributed by atoms with Crippen LogP contribution in [0.5, 0.6) is 0 Å². The summed E-state index contributed by atoms with van der Waals surface area (Å²) in [6.07, 6.45) is 1.29. The van der Waals surface area contributed by atoms with E-state index in [1.165, 1.54) is 0 Å². The Bertz CT molecular complexity index is 820. The van der Waals surface area contributed by atoms with Crippen LogP contribution in [-0.4, -0.2) is 48.3 Å². The molecule has 0 saturated carbocycles. The van der Waals surface area contributed by atoms with E-state index in [4.69, 9.17) is 11.6 Å². The number of hydrogen-bond acceptors (Lipinski definition) is 4. The van der Waals surface area contributed by atoms with E-state index in [0.29, 0.717) is 16.6 Å². The molecule has 1 aromatic carbocycles. The quantitative estimate of drug-likeness (QED) is 0.498. The van der Waals surface area contributed by atoms with Crippen LogP contribution < -0.4 is 15.5 Å². The Labute approximate surface area is 178 Å². The molecule has 0 amide bonds. The van der Waals surface area contributed by atoms with Crippen molar-refractivity contribution >= 4 is 23.4 Å². The Kier molecular flexibility index (Phi) is 7.72. The number of aromatic nitrogens is 1. The lowest BCUT2D eigenvalue weighted by Gasteiger charge is -2.34. The molecule has 1 fully saturated rings. The van der Waals surface area contributed by atoms with Crippen LogP contribution in [0.25, 0.3) is 0 Å². The molecule has 2 aromatic rings. The molecule has 156 valence electrons. The van der Waals surface area contributed by atoms with Crippen LogP contribution in [0.2, 0.25) is 5.02 Å². The van der Waals surface area contributed by atoms with Crippen molar-refractivity contribution < 1.29 is 5.11 Å². The molecular formula is C22H30ClN5O. The summed E-state index contributed by atoms with van der Waals surface area (Å²) < 4.78 is 0. The third-order valence-corrected chi connectivity index (χ3v) is 5.41. The summed E-state index contributed by atoms with van der Waals surface area (Å²) in [4.78, 5) is 11.5. The average molecular weight is 416 g/mol. The highest BCUT2D eigenvalue weighted by Crippen LogP contribution is 2.22. The summed E-state index contributed by atoms with van der Waals surface area (Å²) in [7, 11) is 0. The zero-order valence-corrected chi connectivity index (χ0v) is 17.9. The van der Waals surface area contributed by atoms with Gasteiger partial charge in [-0.25, -0.2) is 4.98 Å². The maximum atomic E-state index is 10.4. The molecule has 7 heteroatoms. The van der Waals surface area contributed by atoms with Crippen molar-refractivity contribution in [3.63, 3.8) is 0 Å². The highest BCUT2D eigenvalue weighted by Gasteiger charge is 2.21. The van der Waals surface area contributed by atoms with Gasteiger partial charge in [0.25, 0.3) is 0 Å². The second kappa shape index (κ2) is 10.5. The van der Waals surface area contributed by atoms with E-state index >= 15 is 0 Å². The lowest BCUT2D eigenvalue weighted by Crippen LogP contribution is -2.49. The number of halogens is 1. The summed E-state index contributed by atoms with van der Waals surface area (Å²) in [5, 5.41) is 17.8. The molecule has 6 nitrogen and oxygen atoms in total. The molecule has 0 radical (unpaired) electrons. The van der Waals surface area contributed by atoms with Gasteiger partial charge in [-0.15, -0.1) is 0 Å². The highest BCUT2D eigenvalue weighted by atomic mass is 35.5. The number of aryl methyl sites for hydroxylation is 1. The number of pyridine rings is 1. The topological polar surface area (TPSA) is 72.8 Å². The molecule has 0 bridgehead atoms. The molecule has 3 N–H and O–H groups in total. The average Bonchev–Trinajstić information content (AvgIpc) is 2.73. The monoisotopic (exact) mass is 415 g/mol. The summed E-state index contributed by atoms with van der Waals surface area (Å²) in [6.45, 7) is 6.98. The number of guanidine groups is 1. The summed E-state index contributed by atoms with van der Waals surface area (Å²) in [5.74, 6) is 1.78. The lowest BCUT2D eigenvalue weighted by molar-refractivity contribution is 0.187. The van der Waals surface area contributed by atoms with Crippen molar-refractivity contribution in [1.82, 2.24) is 15.6 Å². The van der Waals surface area contributed by atoms with Crippen molar-refractivity contribution in [3.8, 4) is 0 Å². The molecule has 1 saturated heterocycles. The fraction of sp³-hybridized carbons (Fsp3) is 0.455. The first-order valence-electron chi connectivity index (χ1n) is 10.2. The SMILES string of the molecule is CCNC(=NCC(O)c1ccccc1Cl)NC1CCN(c2cccc(C)n2)CC1. The summed E-state index contributed by atoms with van der Waals surface area (Å²) in [5.41, 5.74) is 1.74. The fourth-order valence-electron chi connectivity index (χ4n) is 3.49. The first kappa shape index (κ1) is 21.4. The number of piperidine rings is 1. The molecule has 2 heterocycles. The standard InChI is InChI=1S/C22H30ClN5O/c1-3-24-22(25-15-20(29)18-8-4-5-9-19(18)23)27-17-11-13-28(14-12-17)21-10-6-7-16(2)26-21/h4-10,17,20,29H,3,11-15H2,1-2H3,(H2,24,25,27). The number of rotatable bonds is 6. The maximum Gasteiger partial charge on any atom is 0.191 e. The second-order valence-electron chi connectivity index (χ2n) is 7.30. The molecule has 1 aromatic heterocycles. The Morgan fingerprint density at radius 2 is 2.00 bits per heavy atom. The van der Waals surface area contributed by atoms with Crippen LogP contribution in [-0.2, 0) is 0 Å². The van der Waals surface area contributed by atoms with Crippen LogP contribution >= 0.6 is 11.6 Å². The van der Waals surface area contributed by atoms with Crippen molar-refractivity contribution in [2.24, 2.45) is 4.99 Å². The van der Waals surface area contributed by atoms with E-state index in [-0.39, 0.29) is 6.54 Å². The molecule has 1 atom stereocenters. The molecule has 0 spiro atoms. The third-order valence-electron chi connectivity index (χ3n) is 5.06. The van der Waals surface area contributed by atoms with Gasteiger partial charge in [0.15, 0.2) is 5.96 Å². The maximum absolute atomic E-state index is 10.4. The predicted octanol–water partition coefficient (Wildman–Crippen LogP) is 3.30. The minimum Gasteiger partial charge on any atom is -0.386 e. The summed E-state index contributed by atoms with van der Waals surface area (Å²) in [6, 6.07) is 13.8. The smallest absolute Gasteiger partial charge is 0.191 e. The lowest BCUT2D eigenvalue weighted by atomic mass is 10.1. The summed E-state index contributed by atoms with van der Waals surface area (Å²) >= 11 is 6.18. The van der Waals surface area contributed by atoms with Gasteiger partial charge < -0.3 is 20.6 Å². The molecule has 3 rings (SSSR count). The number of aliphatic imine (C=N–C) groups is 1. The van der Waals surface area contributed by atoms with Gasteiger partial charge >= 0.3 is 0 Å². The van der Waals surface area contributed by atoms with Gasteiger partial charge in [0.2, 0.25) is 0 Å². The van der Waals surface area contributed by atoms with E-state index in [1.54, 1.807) is 6.07 Å². The zero-order valence-electron chi connectivity index (χ0n) is 17.1. The largest absolute Gasteiger partial charge is 0.386 e. The number of nitrogens with one attached hydrogen (secondary N) is 2. The van der Waals surface area contributed by atoms with Gasteiger partial charge in [-0.3, -0.25) is 4.99 Å². The number of benzene rings is 1. The molecule has 1 unspecified atom stereocenters. The molecular weight excluding hydrogens is 386 g/mol. The first-order chi connectivity index (χ1) is 14.1. The van der Waals surface area contributed by atoms with E-state index in [1.807, 2.05) is 38.1 Å². The number of aliphatic hydroxyl groups excluding tert-OH is 1. The Morgan fingerprint density at radius 1 is 1.24 bits per heavy atom. The highest BCUT2D eigenvalue weighted by molar-refractivity contribution is 6.31. The molecule has 29 heavy (non-hydrogen) atoms. The van der Waals surface area contributed by atoms with Crippen LogP contribution in [0, 0.1) is 6.92 Å². The van der Waals surface area contributed by atoms with Crippen molar-refractivity contribution in [2.45, 2.75) is 38.8 Å². The number of hydrogen-bond donors (Lipinski definition) is 3. The second-order valence-corrected chi connectivity index (χ2v) is 7.71. The first-order valence-corrected chi connectivity index (χ1v) is 10.6. The van der Waals surface area contributed by atoms with Gasteiger partial charge in [-0.2, -0.15) is 0 Å². The molecule has 1 aliphatic rings. The van der Waals surface area contributed by atoms with Gasteiger partial charge in [-0.1, -0.05) is 35.9 Å². The van der Waals surface area contributed by atoms with Gasteiger partial charge in [0, 0.05) is 42.0 Å². The minimum absolute atomic E-state index is 0.255. The predicted molar refractivity (Wildman–Crippen MR) is 120 cm³/mol. The van der Waals surface area contributed by atoms with Gasteiger partial charge in [0.05, 0.1) is 6.54 Å². The fourth-order valence-corrected chi connectivity index (χ4v) is 3.75. The van der Waals surface area contributed by atoms with E-state index in [0.717, 1.165) is 49.9 Å². The van der Waals surface area contributed by atoms with Gasteiger partial charge in [-0.05, 0) is 44.9 Å². The van der Waals surface area contributed by atoms with Crippen LogP contribution in [0.3, 0.4) is 0 Å². The number of anilines is 1. The van der Waals surface area contributed by atoms with E-state index in [9.17, 15) is 5.11 Å².